The second-order valence-corrected chi connectivity index (χ2v) is 6.13. The minimum atomic E-state index is -0.00716. The number of carbonyl (C=O) groups is 1. The lowest BCUT2D eigenvalue weighted by molar-refractivity contribution is -0.119. The average Bonchev–Trinajstić information content (AvgIpc) is 2.37. The fourth-order valence-corrected chi connectivity index (χ4v) is 2.78. The molecule has 0 bridgehead atoms. The molecule has 1 fully saturated rings. The minimum Gasteiger partial charge on any atom is -0.381 e. The highest BCUT2D eigenvalue weighted by Gasteiger charge is 2.48. The van der Waals surface area contributed by atoms with Crippen LogP contribution in [0.5, 0.6) is 0 Å². The zero-order valence-electron chi connectivity index (χ0n) is 12.7. The van der Waals surface area contributed by atoms with Gasteiger partial charge in [0, 0.05) is 24.3 Å². The van der Waals surface area contributed by atoms with Gasteiger partial charge in [-0.05, 0) is 31.0 Å². The van der Waals surface area contributed by atoms with Crippen molar-refractivity contribution in [2.45, 2.75) is 39.3 Å². The van der Waals surface area contributed by atoms with E-state index in [0.717, 1.165) is 17.7 Å². The highest BCUT2D eigenvalue weighted by molar-refractivity contribution is 5.92. The number of aryl methyl sites for hydroxylation is 1. The lowest BCUT2D eigenvalue weighted by atomic mass is 9.64. The van der Waals surface area contributed by atoms with Crippen LogP contribution in [0.2, 0.25) is 0 Å². The maximum atomic E-state index is 11.9. The van der Waals surface area contributed by atoms with Crippen LogP contribution in [-0.2, 0) is 9.53 Å². The molecule has 1 aromatic rings. The first kappa shape index (κ1) is 15.0. The molecule has 1 aliphatic rings. The second kappa shape index (κ2) is 5.94. The van der Waals surface area contributed by atoms with Gasteiger partial charge in [0.1, 0.15) is 0 Å². The fourth-order valence-electron chi connectivity index (χ4n) is 2.78. The quantitative estimate of drug-likeness (QED) is 0.868. The molecule has 1 saturated carbocycles. The maximum Gasteiger partial charge on any atom is 0.238 e. The Labute approximate surface area is 120 Å². The van der Waals surface area contributed by atoms with Crippen molar-refractivity contribution in [2.75, 3.05) is 19.0 Å². The van der Waals surface area contributed by atoms with Crippen LogP contribution in [0.25, 0.3) is 0 Å². The summed E-state index contributed by atoms with van der Waals surface area (Å²) in [6, 6.07) is 8.15. The Morgan fingerprint density at radius 3 is 2.80 bits per heavy atom. The van der Waals surface area contributed by atoms with Gasteiger partial charge in [-0.15, -0.1) is 0 Å². The van der Waals surface area contributed by atoms with Gasteiger partial charge >= 0.3 is 0 Å². The van der Waals surface area contributed by atoms with E-state index < -0.39 is 0 Å². The summed E-state index contributed by atoms with van der Waals surface area (Å²) in [5.74, 6) is -0.00716. The van der Waals surface area contributed by atoms with Gasteiger partial charge in [-0.25, -0.2) is 0 Å². The van der Waals surface area contributed by atoms with E-state index in [1.165, 1.54) is 0 Å². The van der Waals surface area contributed by atoms with Gasteiger partial charge < -0.3 is 15.4 Å². The van der Waals surface area contributed by atoms with E-state index in [0.29, 0.717) is 12.6 Å². The molecule has 0 saturated heterocycles. The van der Waals surface area contributed by atoms with Crippen LogP contribution < -0.4 is 10.6 Å². The third kappa shape index (κ3) is 3.19. The molecule has 0 aliphatic heterocycles. The topological polar surface area (TPSA) is 50.4 Å². The Morgan fingerprint density at radius 2 is 2.20 bits per heavy atom. The van der Waals surface area contributed by atoms with Crippen molar-refractivity contribution in [3.63, 3.8) is 0 Å². The molecule has 0 spiro atoms. The molecule has 2 unspecified atom stereocenters. The highest BCUT2D eigenvalue weighted by Crippen LogP contribution is 2.42. The molecule has 2 atom stereocenters. The molecule has 4 nitrogen and oxygen atoms in total. The Morgan fingerprint density at radius 1 is 1.45 bits per heavy atom. The van der Waals surface area contributed by atoms with Gasteiger partial charge in [-0.3, -0.25) is 4.79 Å². The Balaban J connectivity index is 1.79. The van der Waals surface area contributed by atoms with Crippen LogP contribution in [0, 0.1) is 12.3 Å². The van der Waals surface area contributed by atoms with Crippen LogP contribution in [-0.4, -0.2) is 31.7 Å². The van der Waals surface area contributed by atoms with Crippen LogP contribution >= 0.6 is 0 Å². The molecule has 0 heterocycles. The lowest BCUT2D eigenvalue weighted by Gasteiger charge is -2.51. The van der Waals surface area contributed by atoms with Crippen molar-refractivity contribution < 1.29 is 9.53 Å². The number of amides is 1. The van der Waals surface area contributed by atoms with E-state index in [9.17, 15) is 4.79 Å². The summed E-state index contributed by atoms with van der Waals surface area (Å²) < 4.78 is 5.41. The van der Waals surface area contributed by atoms with Crippen LogP contribution in [0.1, 0.15) is 25.8 Å². The van der Waals surface area contributed by atoms with Crippen molar-refractivity contribution in [3.05, 3.63) is 29.8 Å². The van der Waals surface area contributed by atoms with Gasteiger partial charge in [0.2, 0.25) is 5.91 Å². The van der Waals surface area contributed by atoms with Gasteiger partial charge in [0.25, 0.3) is 0 Å². The standard InChI is InChI=1S/C16H24N2O2/c1-11-6-5-7-12(8-11)18-15(19)10-17-13-9-14(20-4)16(13,2)3/h5-8,13-14,17H,9-10H2,1-4H3,(H,18,19). The number of methoxy groups -OCH3 is 1. The van der Waals surface area contributed by atoms with Gasteiger partial charge in [-0.2, -0.15) is 0 Å². The summed E-state index contributed by atoms with van der Waals surface area (Å²) in [7, 11) is 1.74. The second-order valence-electron chi connectivity index (χ2n) is 6.13. The Bertz CT molecular complexity index is 485. The first-order valence-corrected chi connectivity index (χ1v) is 7.06. The van der Waals surface area contributed by atoms with E-state index in [4.69, 9.17) is 4.74 Å². The van der Waals surface area contributed by atoms with Crippen molar-refractivity contribution in [1.82, 2.24) is 5.32 Å². The van der Waals surface area contributed by atoms with E-state index >= 15 is 0 Å². The molecule has 1 amide bonds. The van der Waals surface area contributed by atoms with Crippen molar-refractivity contribution in [1.29, 1.82) is 0 Å². The number of benzene rings is 1. The third-order valence-electron chi connectivity index (χ3n) is 4.27. The summed E-state index contributed by atoms with van der Waals surface area (Å²) in [4.78, 5) is 11.9. The van der Waals surface area contributed by atoms with Gasteiger partial charge in [0.15, 0.2) is 0 Å². The fraction of sp³-hybridized carbons (Fsp3) is 0.562. The molecule has 1 aromatic carbocycles. The molecule has 110 valence electrons. The van der Waals surface area contributed by atoms with Gasteiger partial charge in [0.05, 0.1) is 12.6 Å². The predicted octanol–water partition coefficient (Wildman–Crippen LogP) is 2.34. The van der Waals surface area contributed by atoms with Crippen LogP contribution in [0.3, 0.4) is 0 Å². The van der Waals surface area contributed by atoms with E-state index in [-0.39, 0.29) is 17.4 Å². The first-order chi connectivity index (χ1) is 9.43. The van der Waals surface area contributed by atoms with Gasteiger partial charge in [-0.1, -0.05) is 26.0 Å². The van der Waals surface area contributed by atoms with E-state index in [1.807, 2.05) is 31.2 Å². The molecule has 0 radical (unpaired) electrons. The summed E-state index contributed by atoms with van der Waals surface area (Å²) in [6.07, 6.45) is 1.24. The number of ether oxygens (including phenoxy) is 1. The van der Waals surface area contributed by atoms with Crippen molar-refractivity contribution in [2.24, 2.45) is 5.41 Å². The third-order valence-corrected chi connectivity index (χ3v) is 4.27. The summed E-state index contributed by atoms with van der Waals surface area (Å²) >= 11 is 0. The van der Waals surface area contributed by atoms with Crippen molar-refractivity contribution in [3.8, 4) is 0 Å². The molecular formula is C16H24N2O2. The van der Waals surface area contributed by atoms with Crippen LogP contribution in [0.15, 0.2) is 24.3 Å². The SMILES string of the molecule is COC1CC(NCC(=O)Nc2cccc(C)c2)C1(C)C. The smallest absolute Gasteiger partial charge is 0.238 e. The first-order valence-electron chi connectivity index (χ1n) is 7.06. The lowest BCUT2D eigenvalue weighted by Crippen LogP contribution is -2.61. The number of hydrogen-bond acceptors (Lipinski definition) is 3. The Kier molecular flexibility index (Phi) is 4.45. The summed E-state index contributed by atoms with van der Waals surface area (Å²) in [5, 5.41) is 6.22. The normalized spacial score (nSPS) is 24.0. The number of hydrogen-bond donors (Lipinski definition) is 2. The van der Waals surface area contributed by atoms with E-state index in [2.05, 4.69) is 24.5 Å². The summed E-state index contributed by atoms with van der Waals surface area (Å²) in [6.45, 7) is 6.68. The molecule has 20 heavy (non-hydrogen) atoms. The number of rotatable bonds is 5. The maximum absolute atomic E-state index is 11.9. The molecular weight excluding hydrogens is 252 g/mol. The number of anilines is 1. The molecule has 1 aliphatic carbocycles. The minimum absolute atomic E-state index is 0.00716. The number of carbonyl (C=O) groups excluding carboxylic acids is 1. The number of nitrogens with one attached hydrogen (secondary N) is 2. The monoisotopic (exact) mass is 276 g/mol. The zero-order valence-corrected chi connectivity index (χ0v) is 12.7. The highest BCUT2D eigenvalue weighted by atomic mass is 16.5. The molecule has 0 aromatic heterocycles. The molecule has 4 heteroatoms. The predicted molar refractivity (Wildman–Crippen MR) is 80.8 cm³/mol. The zero-order chi connectivity index (χ0) is 14.8. The molecule has 2 N–H and O–H groups in total. The molecule has 2 rings (SSSR count). The van der Waals surface area contributed by atoms with E-state index in [1.54, 1.807) is 7.11 Å². The summed E-state index contributed by atoms with van der Waals surface area (Å²) in [5.41, 5.74) is 2.07. The largest absolute Gasteiger partial charge is 0.381 e. The average molecular weight is 276 g/mol. The Hall–Kier alpha value is -1.39. The van der Waals surface area contributed by atoms with Crippen LogP contribution in [0.4, 0.5) is 5.69 Å². The van der Waals surface area contributed by atoms with Crippen molar-refractivity contribution >= 4 is 11.6 Å².